The topological polar surface area (TPSA) is 77.3 Å². The molecule has 0 aliphatic carbocycles. The second-order valence-corrected chi connectivity index (χ2v) is 4.36. The van der Waals surface area contributed by atoms with Gasteiger partial charge in [0.25, 0.3) is 0 Å². The molecule has 110 valence electrons. The average Bonchev–Trinajstić information content (AvgIpc) is 2.88. The van der Waals surface area contributed by atoms with Crippen LogP contribution in [0.15, 0.2) is 12.3 Å². The summed E-state index contributed by atoms with van der Waals surface area (Å²) in [5.74, 6) is -0.182. The van der Waals surface area contributed by atoms with E-state index in [9.17, 15) is 23.3 Å². The van der Waals surface area contributed by atoms with Crippen molar-refractivity contribution in [3.8, 4) is 0 Å². The molecule has 1 fully saturated rings. The molecule has 0 bridgehead atoms. The minimum Gasteiger partial charge on any atom is -0.376 e. The molecule has 0 saturated carbocycles. The van der Waals surface area contributed by atoms with E-state index in [0.717, 1.165) is 12.8 Å². The number of anilines is 1. The standard InChI is InChI=1S/C11H12F3N3O3/c12-11(13,14)7-4-9(17(18)19)10(15-5-7)16-6-8-2-1-3-20-8/h4-5,8H,1-3,6H2,(H,15,16)/t8-/m0/s1. The van der Waals surface area contributed by atoms with Crippen molar-refractivity contribution in [2.45, 2.75) is 25.1 Å². The highest BCUT2D eigenvalue weighted by Gasteiger charge is 2.34. The van der Waals surface area contributed by atoms with Gasteiger partial charge in [-0.2, -0.15) is 13.2 Å². The van der Waals surface area contributed by atoms with E-state index < -0.39 is 22.4 Å². The third-order valence-corrected chi connectivity index (χ3v) is 2.91. The van der Waals surface area contributed by atoms with Gasteiger partial charge in [0.2, 0.25) is 5.82 Å². The minimum absolute atomic E-state index is 0.0984. The highest BCUT2D eigenvalue weighted by molar-refractivity contribution is 5.57. The van der Waals surface area contributed by atoms with Gasteiger partial charge in [-0.05, 0) is 12.8 Å². The monoisotopic (exact) mass is 291 g/mol. The maximum atomic E-state index is 12.5. The number of hydrogen-bond acceptors (Lipinski definition) is 5. The first kappa shape index (κ1) is 14.5. The number of nitrogens with one attached hydrogen (secondary N) is 1. The molecule has 1 atom stereocenters. The summed E-state index contributed by atoms with van der Waals surface area (Å²) in [6.07, 6.45) is -2.48. The molecule has 0 aromatic carbocycles. The number of halogens is 3. The van der Waals surface area contributed by atoms with Crippen LogP contribution in [0.3, 0.4) is 0 Å². The molecule has 0 amide bonds. The van der Waals surface area contributed by atoms with E-state index in [1.807, 2.05) is 0 Å². The lowest BCUT2D eigenvalue weighted by molar-refractivity contribution is -0.384. The second-order valence-electron chi connectivity index (χ2n) is 4.36. The van der Waals surface area contributed by atoms with E-state index in [0.29, 0.717) is 18.9 Å². The van der Waals surface area contributed by atoms with Crippen molar-refractivity contribution in [3.05, 3.63) is 27.9 Å². The largest absolute Gasteiger partial charge is 0.418 e. The van der Waals surface area contributed by atoms with E-state index in [1.165, 1.54) is 0 Å². The summed E-state index contributed by atoms with van der Waals surface area (Å²) >= 11 is 0. The molecule has 1 aliphatic heterocycles. The molecule has 1 aromatic heterocycles. The van der Waals surface area contributed by atoms with Crippen molar-refractivity contribution >= 4 is 11.5 Å². The Kier molecular flexibility index (Phi) is 4.07. The Hall–Kier alpha value is -1.90. The first-order chi connectivity index (χ1) is 9.38. The van der Waals surface area contributed by atoms with E-state index >= 15 is 0 Å². The summed E-state index contributed by atoms with van der Waals surface area (Å²) in [6, 6.07) is 0.477. The Labute approximate surface area is 112 Å². The molecule has 1 saturated heterocycles. The highest BCUT2D eigenvalue weighted by atomic mass is 19.4. The fourth-order valence-corrected chi connectivity index (χ4v) is 1.90. The Morgan fingerprint density at radius 1 is 1.55 bits per heavy atom. The van der Waals surface area contributed by atoms with Crippen LogP contribution >= 0.6 is 0 Å². The van der Waals surface area contributed by atoms with Crippen molar-refractivity contribution in [3.63, 3.8) is 0 Å². The first-order valence-electron chi connectivity index (χ1n) is 5.95. The molecule has 6 nitrogen and oxygen atoms in total. The minimum atomic E-state index is -4.66. The first-order valence-corrected chi connectivity index (χ1v) is 5.95. The molecular formula is C11H12F3N3O3. The predicted octanol–water partition coefficient (Wildman–Crippen LogP) is 2.60. The van der Waals surface area contributed by atoms with Crippen LogP contribution in [0.1, 0.15) is 18.4 Å². The lowest BCUT2D eigenvalue weighted by atomic mass is 10.2. The summed E-state index contributed by atoms with van der Waals surface area (Å²) in [4.78, 5) is 13.4. The van der Waals surface area contributed by atoms with Gasteiger partial charge in [0.05, 0.1) is 16.6 Å². The molecule has 20 heavy (non-hydrogen) atoms. The highest BCUT2D eigenvalue weighted by Crippen LogP contribution is 2.33. The zero-order chi connectivity index (χ0) is 14.8. The van der Waals surface area contributed by atoms with E-state index in [4.69, 9.17) is 4.74 Å². The fraction of sp³-hybridized carbons (Fsp3) is 0.545. The van der Waals surface area contributed by atoms with Gasteiger partial charge in [-0.15, -0.1) is 0 Å². The Morgan fingerprint density at radius 3 is 2.85 bits per heavy atom. The van der Waals surface area contributed by atoms with Gasteiger partial charge in [-0.25, -0.2) is 4.98 Å². The number of aromatic nitrogens is 1. The van der Waals surface area contributed by atoms with Gasteiger partial charge in [-0.1, -0.05) is 0 Å². The van der Waals surface area contributed by atoms with Crippen molar-refractivity contribution in [2.24, 2.45) is 0 Å². The predicted molar refractivity (Wildman–Crippen MR) is 63.4 cm³/mol. The Bertz CT molecular complexity index is 501. The Balaban J connectivity index is 2.17. The maximum absolute atomic E-state index is 12.5. The molecule has 2 rings (SSSR count). The van der Waals surface area contributed by atoms with Crippen LogP contribution in [0.5, 0.6) is 0 Å². The fourth-order valence-electron chi connectivity index (χ4n) is 1.90. The van der Waals surface area contributed by atoms with Gasteiger partial charge < -0.3 is 10.1 Å². The molecular weight excluding hydrogens is 279 g/mol. The summed E-state index contributed by atoms with van der Waals surface area (Å²) in [7, 11) is 0. The normalized spacial score (nSPS) is 19.1. The summed E-state index contributed by atoms with van der Waals surface area (Å²) in [6.45, 7) is 0.897. The lowest BCUT2D eigenvalue weighted by Crippen LogP contribution is -2.20. The van der Waals surface area contributed by atoms with Gasteiger partial charge >= 0.3 is 11.9 Å². The van der Waals surface area contributed by atoms with Gasteiger partial charge in [-0.3, -0.25) is 10.1 Å². The van der Waals surface area contributed by atoms with Crippen LogP contribution < -0.4 is 5.32 Å². The molecule has 0 radical (unpaired) electrons. The molecule has 0 unspecified atom stereocenters. The van der Waals surface area contributed by atoms with Gasteiger partial charge in [0.1, 0.15) is 0 Å². The van der Waals surface area contributed by atoms with Crippen LogP contribution in [-0.4, -0.2) is 29.2 Å². The van der Waals surface area contributed by atoms with Crippen LogP contribution in [0.25, 0.3) is 0 Å². The lowest BCUT2D eigenvalue weighted by Gasteiger charge is -2.12. The molecule has 2 heterocycles. The third kappa shape index (κ3) is 3.35. The summed E-state index contributed by atoms with van der Waals surface area (Å²) in [5.41, 5.74) is -1.84. The van der Waals surface area contributed by atoms with Crippen LogP contribution in [-0.2, 0) is 10.9 Å². The average molecular weight is 291 g/mol. The summed E-state index contributed by atoms with van der Waals surface area (Å²) < 4.78 is 42.8. The molecule has 1 N–H and O–H groups in total. The van der Waals surface area contributed by atoms with Crippen molar-refractivity contribution in [1.82, 2.24) is 4.98 Å². The van der Waals surface area contributed by atoms with E-state index in [1.54, 1.807) is 0 Å². The number of ether oxygens (including phenoxy) is 1. The number of alkyl halides is 3. The van der Waals surface area contributed by atoms with Crippen molar-refractivity contribution in [2.75, 3.05) is 18.5 Å². The van der Waals surface area contributed by atoms with Gasteiger partial charge in [0.15, 0.2) is 0 Å². The molecule has 0 spiro atoms. The number of nitro groups is 1. The zero-order valence-corrected chi connectivity index (χ0v) is 10.3. The quantitative estimate of drug-likeness (QED) is 0.681. The third-order valence-electron chi connectivity index (χ3n) is 2.91. The zero-order valence-electron chi connectivity index (χ0n) is 10.3. The number of hydrogen-bond donors (Lipinski definition) is 1. The van der Waals surface area contributed by atoms with Crippen molar-refractivity contribution in [1.29, 1.82) is 0 Å². The number of rotatable bonds is 4. The summed E-state index contributed by atoms with van der Waals surface area (Å²) in [5, 5.41) is 13.5. The van der Waals surface area contributed by atoms with Crippen molar-refractivity contribution < 1.29 is 22.8 Å². The molecule has 1 aliphatic rings. The van der Waals surface area contributed by atoms with Crippen LogP contribution in [0.4, 0.5) is 24.7 Å². The van der Waals surface area contributed by atoms with Crippen LogP contribution in [0, 0.1) is 10.1 Å². The van der Waals surface area contributed by atoms with Gasteiger partial charge in [0, 0.05) is 25.4 Å². The SMILES string of the molecule is O=[N+]([O-])c1cc(C(F)(F)F)cnc1NC[C@@H]1CCCO1. The van der Waals surface area contributed by atoms with Crippen LogP contribution in [0.2, 0.25) is 0 Å². The molecule has 9 heteroatoms. The Morgan fingerprint density at radius 2 is 2.30 bits per heavy atom. The number of nitrogens with zero attached hydrogens (tertiary/aromatic N) is 2. The number of pyridine rings is 1. The van der Waals surface area contributed by atoms with E-state index in [2.05, 4.69) is 10.3 Å². The molecule has 1 aromatic rings. The smallest absolute Gasteiger partial charge is 0.376 e. The van der Waals surface area contributed by atoms with E-state index in [-0.39, 0.29) is 18.5 Å². The maximum Gasteiger partial charge on any atom is 0.418 e. The second kappa shape index (κ2) is 5.61.